The van der Waals surface area contributed by atoms with E-state index < -0.39 is 0 Å². The first-order valence-electron chi connectivity index (χ1n) is 6.05. The molecule has 1 aromatic rings. The molecule has 1 aromatic carbocycles. The van der Waals surface area contributed by atoms with Gasteiger partial charge in [-0.05, 0) is 17.6 Å². The van der Waals surface area contributed by atoms with Crippen molar-refractivity contribution in [3.05, 3.63) is 54.1 Å². The van der Waals surface area contributed by atoms with E-state index in [1.165, 1.54) is 11.1 Å². The third-order valence-corrected chi connectivity index (χ3v) is 3.46. The Morgan fingerprint density at radius 1 is 1.18 bits per heavy atom. The number of carbonyl (C=O) groups excluding carboxylic acids is 1. The van der Waals surface area contributed by atoms with Crippen molar-refractivity contribution < 1.29 is 4.79 Å². The first-order chi connectivity index (χ1) is 8.34. The predicted molar refractivity (Wildman–Crippen MR) is 68.3 cm³/mol. The van der Waals surface area contributed by atoms with Gasteiger partial charge in [0.25, 0.3) is 0 Å². The zero-order valence-electron chi connectivity index (χ0n) is 9.67. The van der Waals surface area contributed by atoms with Crippen LogP contribution in [0.1, 0.15) is 18.4 Å². The van der Waals surface area contributed by atoms with E-state index in [-0.39, 0.29) is 11.9 Å². The predicted octanol–water partition coefficient (Wildman–Crippen LogP) is 2.63. The van der Waals surface area contributed by atoms with Crippen LogP contribution >= 0.6 is 0 Å². The molecule has 2 nitrogen and oxygen atoms in total. The van der Waals surface area contributed by atoms with Gasteiger partial charge < -0.3 is 4.90 Å². The van der Waals surface area contributed by atoms with Crippen LogP contribution in [0, 0.1) is 0 Å². The molecule has 2 heterocycles. The first kappa shape index (κ1) is 10.3. The van der Waals surface area contributed by atoms with Gasteiger partial charge in [0.15, 0.2) is 0 Å². The van der Waals surface area contributed by atoms with Crippen molar-refractivity contribution >= 4 is 11.5 Å². The average Bonchev–Trinajstić information content (AvgIpc) is 2.40. The maximum atomic E-state index is 11.9. The van der Waals surface area contributed by atoms with Gasteiger partial charge in [-0.25, -0.2) is 0 Å². The molecule has 0 N–H and O–H groups in total. The van der Waals surface area contributed by atoms with Gasteiger partial charge >= 0.3 is 0 Å². The van der Waals surface area contributed by atoms with E-state index in [9.17, 15) is 4.79 Å². The smallest absolute Gasteiger partial charge is 0.227 e. The highest BCUT2D eigenvalue weighted by molar-refractivity contribution is 5.83. The fraction of sp³-hybridized carbons (Fsp3) is 0.267. The molecule has 0 unspecified atom stereocenters. The Balaban J connectivity index is 1.89. The van der Waals surface area contributed by atoms with Crippen LogP contribution in [-0.2, 0) is 4.79 Å². The van der Waals surface area contributed by atoms with E-state index in [1.54, 1.807) is 0 Å². The van der Waals surface area contributed by atoms with E-state index in [0.717, 1.165) is 13.0 Å². The third-order valence-electron chi connectivity index (χ3n) is 3.46. The summed E-state index contributed by atoms with van der Waals surface area (Å²) in [5, 5.41) is 0. The van der Waals surface area contributed by atoms with Gasteiger partial charge in [-0.1, -0.05) is 48.6 Å². The molecule has 0 saturated heterocycles. The fourth-order valence-electron chi connectivity index (χ4n) is 2.52. The molecule has 0 fully saturated rings. The lowest BCUT2D eigenvalue weighted by atomic mass is 9.94. The van der Waals surface area contributed by atoms with Gasteiger partial charge in [0.1, 0.15) is 0 Å². The van der Waals surface area contributed by atoms with Crippen LogP contribution in [0.15, 0.2) is 48.6 Å². The summed E-state index contributed by atoms with van der Waals surface area (Å²) in [5.74, 6) is 0.249. The van der Waals surface area contributed by atoms with Crippen molar-refractivity contribution in [2.45, 2.75) is 18.9 Å². The molecule has 17 heavy (non-hydrogen) atoms. The van der Waals surface area contributed by atoms with Crippen molar-refractivity contribution in [2.75, 3.05) is 6.54 Å². The number of hydrogen-bond donors (Lipinski definition) is 0. The zero-order chi connectivity index (χ0) is 11.7. The molecule has 0 aliphatic carbocycles. The normalized spacial score (nSPS) is 23.3. The van der Waals surface area contributed by atoms with Crippen molar-refractivity contribution in [2.24, 2.45) is 0 Å². The standard InChI is InChI=1S/C15H15NO/c17-15-8-4-7-14-10-9-13(11-16(14)15)12-5-2-1-3-6-12/h1-7,9,14H,8,10-11H2/t14-/m0/s1. The number of hydrogen-bond acceptors (Lipinski definition) is 1. The van der Waals surface area contributed by atoms with E-state index in [0.29, 0.717) is 6.42 Å². The molecule has 0 bridgehead atoms. The number of benzene rings is 1. The van der Waals surface area contributed by atoms with Crippen molar-refractivity contribution in [3.8, 4) is 0 Å². The Bertz CT molecular complexity index is 487. The second-order valence-corrected chi connectivity index (χ2v) is 4.55. The minimum atomic E-state index is 0.249. The molecule has 2 heteroatoms. The first-order valence-corrected chi connectivity index (χ1v) is 6.05. The largest absolute Gasteiger partial charge is 0.331 e. The Labute approximate surface area is 101 Å². The van der Waals surface area contributed by atoms with Gasteiger partial charge in [-0.15, -0.1) is 0 Å². The Kier molecular flexibility index (Phi) is 2.56. The highest BCUT2D eigenvalue weighted by Gasteiger charge is 2.27. The molecule has 3 rings (SSSR count). The minimum Gasteiger partial charge on any atom is -0.331 e. The van der Waals surface area contributed by atoms with Crippen LogP contribution in [0.4, 0.5) is 0 Å². The minimum absolute atomic E-state index is 0.249. The molecular formula is C15H15NO. The van der Waals surface area contributed by atoms with Gasteiger partial charge in [0.05, 0.1) is 6.04 Å². The van der Waals surface area contributed by atoms with E-state index in [1.807, 2.05) is 29.2 Å². The average molecular weight is 225 g/mol. The number of fused-ring (bicyclic) bond motifs is 1. The molecule has 0 radical (unpaired) electrons. The molecular weight excluding hydrogens is 210 g/mol. The number of rotatable bonds is 1. The van der Waals surface area contributed by atoms with Crippen LogP contribution in [0.2, 0.25) is 0 Å². The lowest BCUT2D eigenvalue weighted by Gasteiger charge is -2.36. The van der Waals surface area contributed by atoms with Gasteiger partial charge in [-0.3, -0.25) is 4.79 Å². The summed E-state index contributed by atoms with van der Waals surface area (Å²) in [6, 6.07) is 10.6. The van der Waals surface area contributed by atoms with Gasteiger partial charge in [0, 0.05) is 13.0 Å². The van der Waals surface area contributed by atoms with Crippen molar-refractivity contribution in [3.63, 3.8) is 0 Å². The van der Waals surface area contributed by atoms with Crippen LogP contribution in [0.3, 0.4) is 0 Å². The van der Waals surface area contributed by atoms with Crippen molar-refractivity contribution in [1.29, 1.82) is 0 Å². The SMILES string of the molecule is O=C1CC=C[C@H]2CC=C(c3ccccc3)CN12. The van der Waals surface area contributed by atoms with Gasteiger partial charge in [-0.2, -0.15) is 0 Å². The maximum Gasteiger partial charge on any atom is 0.227 e. The second kappa shape index (κ2) is 4.21. The summed E-state index contributed by atoms with van der Waals surface area (Å²) in [4.78, 5) is 13.8. The maximum absolute atomic E-state index is 11.9. The van der Waals surface area contributed by atoms with Gasteiger partial charge in [0.2, 0.25) is 5.91 Å². The van der Waals surface area contributed by atoms with Crippen molar-refractivity contribution in [1.82, 2.24) is 4.90 Å². The lowest BCUT2D eigenvalue weighted by molar-refractivity contribution is -0.131. The Morgan fingerprint density at radius 3 is 2.82 bits per heavy atom. The third kappa shape index (κ3) is 1.91. The zero-order valence-corrected chi connectivity index (χ0v) is 9.67. The Hall–Kier alpha value is -1.83. The van der Waals surface area contributed by atoms with Crippen LogP contribution in [-0.4, -0.2) is 23.4 Å². The van der Waals surface area contributed by atoms with Crippen LogP contribution < -0.4 is 0 Å². The summed E-state index contributed by atoms with van der Waals surface area (Å²) >= 11 is 0. The molecule has 2 aliphatic heterocycles. The molecule has 0 spiro atoms. The number of amides is 1. The summed E-state index contributed by atoms with van der Waals surface area (Å²) in [6.07, 6.45) is 7.90. The summed E-state index contributed by atoms with van der Waals surface area (Å²) in [7, 11) is 0. The highest BCUT2D eigenvalue weighted by Crippen LogP contribution is 2.27. The highest BCUT2D eigenvalue weighted by atomic mass is 16.2. The van der Waals surface area contributed by atoms with E-state index >= 15 is 0 Å². The van der Waals surface area contributed by atoms with E-state index in [2.05, 4.69) is 24.3 Å². The Morgan fingerprint density at radius 2 is 2.00 bits per heavy atom. The summed E-state index contributed by atoms with van der Waals surface area (Å²) < 4.78 is 0. The van der Waals surface area contributed by atoms with Crippen LogP contribution in [0.5, 0.6) is 0 Å². The number of nitrogens with zero attached hydrogens (tertiary/aromatic N) is 1. The monoisotopic (exact) mass is 225 g/mol. The summed E-state index contributed by atoms with van der Waals surface area (Å²) in [6.45, 7) is 0.748. The molecule has 0 saturated carbocycles. The summed E-state index contributed by atoms with van der Waals surface area (Å²) in [5.41, 5.74) is 2.50. The quantitative estimate of drug-likeness (QED) is 0.673. The van der Waals surface area contributed by atoms with Crippen LogP contribution in [0.25, 0.3) is 5.57 Å². The van der Waals surface area contributed by atoms with E-state index in [4.69, 9.17) is 0 Å². The molecule has 0 aromatic heterocycles. The molecule has 2 aliphatic rings. The molecule has 86 valence electrons. The number of carbonyl (C=O) groups is 1. The molecule has 1 atom stereocenters. The lowest BCUT2D eigenvalue weighted by Crippen LogP contribution is -2.43. The second-order valence-electron chi connectivity index (χ2n) is 4.55. The fourth-order valence-corrected chi connectivity index (χ4v) is 2.52. The topological polar surface area (TPSA) is 20.3 Å². The molecule has 1 amide bonds.